The fraction of sp³-hybridized carbons (Fsp3) is 0.176. The molecule has 0 aliphatic rings. The summed E-state index contributed by atoms with van der Waals surface area (Å²) >= 11 is 0. The lowest BCUT2D eigenvalue weighted by Crippen LogP contribution is -2.32. The molecule has 0 aliphatic heterocycles. The fourth-order valence-electron chi connectivity index (χ4n) is 1.72. The maximum absolute atomic E-state index is 11.6. The molecule has 0 atom stereocenters. The molecule has 0 heterocycles. The molecule has 0 bridgehead atoms. The Balaban J connectivity index is 1.62. The topological polar surface area (TPSA) is 64.6 Å². The van der Waals surface area contributed by atoms with Crippen molar-refractivity contribution in [3.63, 3.8) is 0 Å². The molecule has 1 amide bonds. The number of nitrogens with one attached hydrogen (secondary N) is 1. The number of hydrogen-bond acceptors (Lipinski definition) is 4. The van der Waals surface area contributed by atoms with Gasteiger partial charge in [-0.1, -0.05) is 18.2 Å². The summed E-state index contributed by atoms with van der Waals surface area (Å²) < 4.78 is 10.8. The van der Waals surface area contributed by atoms with Crippen molar-refractivity contribution in [3.8, 4) is 11.5 Å². The molecule has 1 N–H and O–H groups in total. The van der Waals surface area contributed by atoms with Crippen LogP contribution in [0.15, 0.2) is 54.6 Å². The minimum absolute atomic E-state index is 0.0776. The first-order valence-electron chi connectivity index (χ1n) is 6.90. The summed E-state index contributed by atoms with van der Waals surface area (Å²) in [6, 6.07) is 16.0. The highest BCUT2D eigenvalue weighted by Crippen LogP contribution is 2.10. The van der Waals surface area contributed by atoms with Crippen LogP contribution >= 0.6 is 0 Å². The fourth-order valence-corrected chi connectivity index (χ4v) is 1.72. The lowest BCUT2D eigenvalue weighted by atomic mass is 10.2. The van der Waals surface area contributed by atoms with Gasteiger partial charge in [0.05, 0.1) is 6.54 Å². The molecule has 0 aliphatic carbocycles. The van der Waals surface area contributed by atoms with Gasteiger partial charge in [0.1, 0.15) is 24.4 Å². The first kappa shape index (κ1) is 15.6. The van der Waals surface area contributed by atoms with E-state index in [4.69, 9.17) is 9.47 Å². The quantitative estimate of drug-likeness (QED) is 0.598. The largest absolute Gasteiger partial charge is 0.492 e. The molecule has 0 saturated carbocycles. The van der Waals surface area contributed by atoms with Crippen molar-refractivity contribution in [3.05, 3.63) is 60.2 Å². The zero-order valence-electron chi connectivity index (χ0n) is 12.0. The Morgan fingerprint density at radius 2 is 1.64 bits per heavy atom. The second-order valence-electron chi connectivity index (χ2n) is 4.49. The number of benzene rings is 2. The summed E-state index contributed by atoms with van der Waals surface area (Å²) in [6.45, 7) is 0.719. The molecular weight excluding hydrogens is 282 g/mol. The summed E-state index contributed by atoms with van der Waals surface area (Å²) in [7, 11) is 0. The highest BCUT2D eigenvalue weighted by molar-refractivity contribution is 5.77. The molecule has 5 heteroatoms. The standard InChI is InChI=1S/C17H17NO4/c19-12-14-6-8-16(9-7-14)22-13-17(20)18-10-11-21-15-4-2-1-3-5-15/h1-9,12H,10-11,13H2,(H,18,20). The molecule has 0 spiro atoms. The zero-order valence-corrected chi connectivity index (χ0v) is 12.0. The lowest BCUT2D eigenvalue weighted by molar-refractivity contribution is -0.123. The van der Waals surface area contributed by atoms with Crippen LogP contribution in [-0.2, 0) is 4.79 Å². The zero-order chi connectivity index (χ0) is 15.6. The van der Waals surface area contributed by atoms with E-state index in [1.54, 1.807) is 24.3 Å². The van der Waals surface area contributed by atoms with Crippen LogP contribution in [0.3, 0.4) is 0 Å². The van der Waals surface area contributed by atoms with E-state index in [0.717, 1.165) is 12.0 Å². The third-order valence-corrected chi connectivity index (χ3v) is 2.82. The first-order chi connectivity index (χ1) is 10.8. The van der Waals surface area contributed by atoms with Crippen LogP contribution in [0.2, 0.25) is 0 Å². The Kier molecular flexibility index (Phi) is 5.99. The molecule has 2 aromatic rings. The average molecular weight is 299 g/mol. The van der Waals surface area contributed by atoms with Gasteiger partial charge < -0.3 is 14.8 Å². The molecule has 0 saturated heterocycles. The van der Waals surface area contributed by atoms with E-state index in [-0.39, 0.29) is 12.5 Å². The van der Waals surface area contributed by atoms with Crippen molar-refractivity contribution in [1.82, 2.24) is 5.32 Å². The van der Waals surface area contributed by atoms with Crippen molar-refractivity contribution in [2.45, 2.75) is 0 Å². The molecule has 114 valence electrons. The van der Waals surface area contributed by atoms with Gasteiger partial charge in [-0.25, -0.2) is 0 Å². The second-order valence-corrected chi connectivity index (χ2v) is 4.49. The van der Waals surface area contributed by atoms with Crippen LogP contribution in [0, 0.1) is 0 Å². The predicted octanol–water partition coefficient (Wildman–Crippen LogP) is 2.07. The van der Waals surface area contributed by atoms with E-state index in [1.807, 2.05) is 30.3 Å². The molecule has 22 heavy (non-hydrogen) atoms. The van der Waals surface area contributed by atoms with Crippen LogP contribution in [0.1, 0.15) is 10.4 Å². The van der Waals surface area contributed by atoms with E-state index in [0.29, 0.717) is 24.5 Å². The van der Waals surface area contributed by atoms with Gasteiger partial charge in [0.15, 0.2) is 6.61 Å². The van der Waals surface area contributed by atoms with E-state index in [2.05, 4.69) is 5.32 Å². The third kappa shape index (κ3) is 5.28. The SMILES string of the molecule is O=Cc1ccc(OCC(=O)NCCOc2ccccc2)cc1. The Morgan fingerprint density at radius 1 is 0.955 bits per heavy atom. The van der Waals surface area contributed by atoms with Gasteiger partial charge in [-0.2, -0.15) is 0 Å². The number of carbonyl (C=O) groups excluding carboxylic acids is 2. The summed E-state index contributed by atoms with van der Waals surface area (Å²) in [5.74, 6) is 1.08. The molecular formula is C17H17NO4. The van der Waals surface area contributed by atoms with Crippen LogP contribution in [0.4, 0.5) is 0 Å². The molecule has 0 aromatic heterocycles. The first-order valence-corrected chi connectivity index (χ1v) is 6.90. The van der Waals surface area contributed by atoms with Crippen LogP contribution < -0.4 is 14.8 Å². The number of amides is 1. The van der Waals surface area contributed by atoms with Crippen molar-refractivity contribution in [1.29, 1.82) is 0 Å². The van der Waals surface area contributed by atoms with E-state index < -0.39 is 0 Å². The highest BCUT2D eigenvalue weighted by Gasteiger charge is 2.02. The van der Waals surface area contributed by atoms with Gasteiger partial charge in [-0.05, 0) is 36.4 Å². The van der Waals surface area contributed by atoms with Gasteiger partial charge in [0, 0.05) is 5.56 Å². The summed E-state index contributed by atoms with van der Waals surface area (Å²) in [5.41, 5.74) is 0.565. The van der Waals surface area contributed by atoms with E-state index in [9.17, 15) is 9.59 Å². The summed E-state index contributed by atoms with van der Waals surface area (Å²) in [6.07, 6.45) is 0.753. The number of para-hydroxylation sites is 1. The highest BCUT2D eigenvalue weighted by atomic mass is 16.5. The maximum atomic E-state index is 11.6. The van der Waals surface area contributed by atoms with E-state index in [1.165, 1.54) is 0 Å². The number of carbonyl (C=O) groups is 2. The lowest BCUT2D eigenvalue weighted by Gasteiger charge is -2.09. The Morgan fingerprint density at radius 3 is 2.32 bits per heavy atom. The van der Waals surface area contributed by atoms with Crippen LogP contribution in [0.5, 0.6) is 11.5 Å². The monoisotopic (exact) mass is 299 g/mol. The Labute approximate surface area is 128 Å². The Hall–Kier alpha value is -2.82. The van der Waals surface area contributed by atoms with Crippen molar-refractivity contribution in [2.24, 2.45) is 0 Å². The molecule has 0 radical (unpaired) electrons. The Bertz CT molecular complexity index is 596. The molecule has 2 rings (SSSR count). The second kappa shape index (κ2) is 8.46. The molecule has 2 aromatic carbocycles. The minimum Gasteiger partial charge on any atom is -0.492 e. The molecule has 5 nitrogen and oxygen atoms in total. The minimum atomic E-state index is -0.226. The molecule has 0 unspecified atom stereocenters. The molecule has 0 fully saturated rings. The maximum Gasteiger partial charge on any atom is 0.258 e. The number of hydrogen-bond donors (Lipinski definition) is 1. The normalized spacial score (nSPS) is 9.82. The summed E-state index contributed by atoms with van der Waals surface area (Å²) in [5, 5.41) is 2.70. The van der Waals surface area contributed by atoms with Crippen molar-refractivity contribution in [2.75, 3.05) is 19.8 Å². The van der Waals surface area contributed by atoms with Gasteiger partial charge in [0.2, 0.25) is 0 Å². The number of rotatable bonds is 8. The number of ether oxygens (including phenoxy) is 2. The van der Waals surface area contributed by atoms with Crippen LogP contribution in [-0.4, -0.2) is 32.0 Å². The number of aldehydes is 1. The van der Waals surface area contributed by atoms with Gasteiger partial charge >= 0.3 is 0 Å². The van der Waals surface area contributed by atoms with Gasteiger partial charge in [0.25, 0.3) is 5.91 Å². The average Bonchev–Trinajstić information content (AvgIpc) is 2.58. The van der Waals surface area contributed by atoms with Crippen LogP contribution in [0.25, 0.3) is 0 Å². The third-order valence-electron chi connectivity index (χ3n) is 2.82. The van der Waals surface area contributed by atoms with E-state index >= 15 is 0 Å². The van der Waals surface area contributed by atoms with Crippen molar-refractivity contribution >= 4 is 12.2 Å². The van der Waals surface area contributed by atoms with Crippen molar-refractivity contribution < 1.29 is 19.1 Å². The summed E-state index contributed by atoms with van der Waals surface area (Å²) in [4.78, 5) is 22.1. The predicted molar refractivity (Wildman–Crippen MR) is 82.3 cm³/mol. The van der Waals surface area contributed by atoms with Gasteiger partial charge in [-0.3, -0.25) is 9.59 Å². The van der Waals surface area contributed by atoms with Gasteiger partial charge in [-0.15, -0.1) is 0 Å². The smallest absolute Gasteiger partial charge is 0.258 e.